The van der Waals surface area contributed by atoms with Gasteiger partial charge in [0.25, 0.3) is 0 Å². The maximum atomic E-state index is 12.2. The molecule has 0 aromatic heterocycles. The molecule has 24 heavy (non-hydrogen) atoms. The van der Waals surface area contributed by atoms with Crippen LogP contribution in [0.15, 0.2) is 30.3 Å². The second-order valence-corrected chi connectivity index (χ2v) is 6.81. The largest absolute Gasteiger partial charge is 0.354 e. The molecule has 0 radical (unpaired) electrons. The van der Waals surface area contributed by atoms with Crippen LogP contribution in [-0.4, -0.2) is 24.5 Å². The molecule has 1 aliphatic rings. The predicted octanol–water partition coefficient (Wildman–Crippen LogP) is 3.13. The topological polar surface area (TPSA) is 70.2 Å². The number of carbonyl (C=O) groups is 2. The summed E-state index contributed by atoms with van der Waals surface area (Å²) in [6.45, 7) is 4.19. The van der Waals surface area contributed by atoms with Crippen molar-refractivity contribution in [1.29, 1.82) is 0 Å². The molecule has 5 heteroatoms. The molecule has 0 saturated heterocycles. The molecule has 1 unspecified atom stereocenters. The average Bonchev–Trinajstić information content (AvgIpc) is 3.07. The van der Waals surface area contributed by atoms with E-state index in [0.29, 0.717) is 18.9 Å². The van der Waals surface area contributed by atoms with Gasteiger partial charge in [-0.1, -0.05) is 43.2 Å². The summed E-state index contributed by atoms with van der Waals surface area (Å²) in [5.74, 6) is 0.447. The van der Waals surface area contributed by atoms with E-state index in [1.165, 1.54) is 12.8 Å². The van der Waals surface area contributed by atoms with E-state index in [2.05, 4.69) is 28.1 Å². The van der Waals surface area contributed by atoms with Crippen molar-refractivity contribution in [2.75, 3.05) is 6.54 Å². The number of hydrogen-bond acceptors (Lipinski definition) is 2. The lowest BCUT2D eigenvalue weighted by Crippen LogP contribution is -2.42. The maximum absolute atomic E-state index is 12.2. The number of hydrogen-bond donors (Lipinski definition) is 3. The fraction of sp³-hybridized carbons (Fsp3) is 0.579. The fourth-order valence-electron chi connectivity index (χ4n) is 3.30. The van der Waals surface area contributed by atoms with Crippen LogP contribution in [0.5, 0.6) is 0 Å². The van der Waals surface area contributed by atoms with Crippen LogP contribution in [0.2, 0.25) is 0 Å². The summed E-state index contributed by atoms with van der Waals surface area (Å²) in [4.78, 5) is 23.8. The second-order valence-electron chi connectivity index (χ2n) is 6.81. The Balaban J connectivity index is 1.85. The van der Waals surface area contributed by atoms with E-state index in [9.17, 15) is 9.59 Å². The lowest BCUT2D eigenvalue weighted by Gasteiger charge is -2.25. The summed E-state index contributed by atoms with van der Waals surface area (Å²) < 4.78 is 0. The first-order chi connectivity index (χ1) is 11.6. The van der Waals surface area contributed by atoms with Crippen LogP contribution in [0.3, 0.4) is 0 Å². The Morgan fingerprint density at radius 2 is 1.75 bits per heavy atom. The van der Waals surface area contributed by atoms with Gasteiger partial charge in [0.05, 0.1) is 6.04 Å². The minimum absolute atomic E-state index is 0.0400. The smallest absolute Gasteiger partial charge is 0.315 e. The van der Waals surface area contributed by atoms with E-state index in [0.717, 1.165) is 18.4 Å². The molecule has 1 aromatic rings. The number of amides is 3. The third kappa shape index (κ3) is 5.87. The van der Waals surface area contributed by atoms with Crippen molar-refractivity contribution in [2.24, 2.45) is 5.92 Å². The Morgan fingerprint density at radius 3 is 2.38 bits per heavy atom. The quantitative estimate of drug-likeness (QED) is 0.718. The highest BCUT2D eigenvalue weighted by Crippen LogP contribution is 2.35. The molecule has 2 rings (SSSR count). The van der Waals surface area contributed by atoms with E-state index >= 15 is 0 Å². The van der Waals surface area contributed by atoms with Gasteiger partial charge in [-0.25, -0.2) is 4.79 Å². The first-order valence-corrected chi connectivity index (χ1v) is 8.95. The number of urea groups is 1. The number of benzene rings is 1. The standard InChI is InChI=1S/C19H29N3O2/c1-14(2)21-17(23)12-13-20-19(24)22-18(16-10-6-7-11-16)15-8-4-3-5-9-15/h3-5,8-9,14,16,18H,6-7,10-13H2,1-2H3,(H,21,23)(H2,20,22,24). The van der Waals surface area contributed by atoms with Crippen molar-refractivity contribution in [1.82, 2.24) is 16.0 Å². The van der Waals surface area contributed by atoms with Crippen molar-refractivity contribution in [3.05, 3.63) is 35.9 Å². The highest BCUT2D eigenvalue weighted by molar-refractivity contribution is 5.78. The van der Waals surface area contributed by atoms with Gasteiger partial charge in [0.2, 0.25) is 5.91 Å². The monoisotopic (exact) mass is 331 g/mol. The SMILES string of the molecule is CC(C)NC(=O)CCNC(=O)NC(c1ccccc1)C1CCCC1. The molecule has 1 saturated carbocycles. The summed E-state index contributed by atoms with van der Waals surface area (Å²) in [6, 6.07) is 10.1. The summed E-state index contributed by atoms with van der Waals surface area (Å²) in [5.41, 5.74) is 1.15. The van der Waals surface area contributed by atoms with Crippen molar-refractivity contribution in [3.63, 3.8) is 0 Å². The summed E-state index contributed by atoms with van der Waals surface area (Å²) in [5, 5.41) is 8.72. The Hall–Kier alpha value is -2.04. The van der Waals surface area contributed by atoms with Crippen molar-refractivity contribution >= 4 is 11.9 Å². The van der Waals surface area contributed by atoms with Crippen LogP contribution in [0.1, 0.15) is 57.6 Å². The summed E-state index contributed by atoms with van der Waals surface area (Å²) in [7, 11) is 0. The van der Waals surface area contributed by atoms with Gasteiger partial charge in [0, 0.05) is 19.0 Å². The van der Waals surface area contributed by atoms with E-state index in [1.54, 1.807) is 0 Å². The minimum Gasteiger partial charge on any atom is -0.354 e. The molecule has 1 fully saturated rings. The molecule has 132 valence electrons. The fourth-order valence-corrected chi connectivity index (χ4v) is 3.30. The molecule has 5 nitrogen and oxygen atoms in total. The molecule has 3 N–H and O–H groups in total. The van der Waals surface area contributed by atoms with Crippen molar-refractivity contribution < 1.29 is 9.59 Å². The number of rotatable bonds is 7. The van der Waals surface area contributed by atoms with Crippen LogP contribution in [0.4, 0.5) is 4.79 Å². The zero-order valence-electron chi connectivity index (χ0n) is 14.7. The number of nitrogens with one attached hydrogen (secondary N) is 3. The highest BCUT2D eigenvalue weighted by atomic mass is 16.2. The van der Waals surface area contributed by atoms with Crippen molar-refractivity contribution in [2.45, 2.75) is 58.0 Å². The van der Waals surface area contributed by atoms with Gasteiger partial charge in [-0.3, -0.25) is 4.79 Å². The summed E-state index contributed by atoms with van der Waals surface area (Å²) in [6.07, 6.45) is 5.05. The second kappa shape index (κ2) is 9.30. The van der Waals surface area contributed by atoms with Gasteiger partial charge in [-0.15, -0.1) is 0 Å². The normalized spacial score (nSPS) is 16.0. The van der Waals surface area contributed by atoms with E-state index < -0.39 is 0 Å². The van der Waals surface area contributed by atoms with Crippen LogP contribution < -0.4 is 16.0 Å². The molecular formula is C19H29N3O2. The molecular weight excluding hydrogens is 302 g/mol. The van der Waals surface area contributed by atoms with Crippen LogP contribution >= 0.6 is 0 Å². The lowest BCUT2D eigenvalue weighted by molar-refractivity contribution is -0.121. The van der Waals surface area contributed by atoms with Crippen LogP contribution in [-0.2, 0) is 4.79 Å². The third-order valence-corrected chi connectivity index (χ3v) is 4.40. The van der Waals surface area contributed by atoms with E-state index in [4.69, 9.17) is 0 Å². The Labute approximate surface area is 144 Å². The molecule has 1 aliphatic carbocycles. The molecule has 1 atom stereocenters. The van der Waals surface area contributed by atoms with Crippen molar-refractivity contribution in [3.8, 4) is 0 Å². The minimum atomic E-state index is -0.201. The van der Waals surface area contributed by atoms with Crippen LogP contribution in [0, 0.1) is 5.92 Å². The molecule has 0 spiro atoms. The highest BCUT2D eigenvalue weighted by Gasteiger charge is 2.27. The van der Waals surface area contributed by atoms with Gasteiger partial charge in [-0.05, 0) is 38.2 Å². The first kappa shape index (κ1) is 18.3. The zero-order chi connectivity index (χ0) is 17.4. The van der Waals surface area contributed by atoms with Gasteiger partial charge in [0.15, 0.2) is 0 Å². The molecule has 1 aromatic carbocycles. The number of carbonyl (C=O) groups excluding carboxylic acids is 2. The molecule has 0 heterocycles. The Morgan fingerprint density at radius 1 is 1.08 bits per heavy atom. The molecule has 3 amide bonds. The molecule has 0 aliphatic heterocycles. The predicted molar refractivity (Wildman–Crippen MR) is 95.6 cm³/mol. The molecule has 0 bridgehead atoms. The zero-order valence-corrected chi connectivity index (χ0v) is 14.7. The summed E-state index contributed by atoms with van der Waals surface area (Å²) >= 11 is 0. The van der Waals surface area contributed by atoms with Gasteiger partial charge >= 0.3 is 6.03 Å². The third-order valence-electron chi connectivity index (χ3n) is 4.40. The van der Waals surface area contributed by atoms with Gasteiger partial charge in [0.1, 0.15) is 0 Å². The lowest BCUT2D eigenvalue weighted by atomic mass is 9.92. The van der Waals surface area contributed by atoms with E-state index in [-0.39, 0.29) is 24.0 Å². The Bertz CT molecular complexity index is 525. The maximum Gasteiger partial charge on any atom is 0.315 e. The van der Waals surface area contributed by atoms with Gasteiger partial charge in [-0.2, -0.15) is 0 Å². The average molecular weight is 331 g/mol. The van der Waals surface area contributed by atoms with Gasteiger partial charge < -0.3 is 16.0 Å². The first-order valence-electron chi connectivity index (χ1n) is 8.95. The van der Waals surface area contributed by atoms with E-state index in [1.807, 2.05) is 32.0 Å². The van der Waals surface area contributed by atoms with Crippen LogP contribution in [0.25, 0.3) is 0 Å². The Kier molecular flexibility index (Phi) is 7.09.